The lowest BCUT2D eigenvalue weighted by molar-refractivity contribution is 0.474. The average Bonchev–Trinajstić information content (AvgIpc) is 3.25. The van der Waals surface area contributed by atoms with Gasteiger partial charge >= 0.3 is 0 Å². The molecule has 1 unspecified atom stereocenters. The highest BCUT2D eigenvalue weighted by atomic mass is 16.3. The quantitative estimate of drug-likeness (QED) is 0.404. The summed E-state index contributed by atoms with van der Waals surface area (Å²) in [5.74, 6) is 0.547. The SMILES string of the molecule is Cc1[nH]nc2c1C(c1cccc(O)c1)C(C#N)=C(c1c(C)[nH]c3ccccc13)N2. The molecule has 1 aliphatic heterocycles. The number of aromatic nitrogens is 3. The monoisotopic (exact) mass is 381 g/mol. The molecule has 6 heteroatoms. The van der Waals surface area contributed by atoms with Gasteiger partial charge in [-0.3, -0.25) is 5.10 Å². The number of aromatic amines is 2. The minimum absolute atomic E-state index is 0.172. The Morgan fingerprint density at radius 3 is 2.69 bits per heavy atom. The molecular formula is C23H19N5O. The Hall–Kier alpha value is -3.98. The molecule has 2 aromatic carbocycles. The molecule has 6 nitrogen and oxygen atoms in total. The number of hydrogen-bond donors (Lipinski definition) is 4. The Bertz CT molecular complexity index is 1340. The normalized spacial score (nSPS) is 15.8. The van der Waals surface area contributed by atoms with Crippen LogP contribution in [0.25, 0.3) is 16.6 Å². The van der Waals surface area contributed by atoms with Crippen LogP contribution in [0, 0.1) is 25.2 Å². The number of nitrogens with zero attached hydrogens (tertiary/aromatic N) is 2. The van der Waals surface area contributed by atoms with Crippen molar-refractivity contribution in [3.8, 4) is 11.8 Å². The van der Waals surface area contributed by atoms with E-state index in [1.165, 1.54) is 0 Å². The molecule has 142 valence electrons. The van der Waals surface area contributed by atoms with Crippen LogP contribution in [0.5, 0.6) is 5.75 Å². The Morgan fingerprint density at radius 1 is 1.07 bits per heavy atom. The summed E-state index contributed by atoms with van der Waals surface area (Å²) in [5.41, 5.74) is 6.97. The van der Waals surface area contributed by atoms with Gasteiger partial charge in [-0.15, -0.1) is 0 Å². The summed E-state index contributed by atoms with van der Waals surface area (Å²) in [6.45, 7) is 3.95. The van der Waals surface area contributed by atoms with E-state index in [-0.39, 0.29) is 11.7 Å². The second-order valence-electron chi connectivity index (χ2n) is 7.33. The number of benzene rings is 2. The van der Waals surface area contributed by atoms with Gasteiger partial charge in [-0.25, -0.2) is 0 Å². The van der Waals surface area contributed by atoms with E-state index in [0.717, 1.165) is 44.7 Å². The molecule has 2 aromatic heterocycles. The van der Waals surface area contributed by atoms with Crippen LogP contribution in [0.2, 0.25) is 0 Å². The highest BCUT2D eigenvalue weighted by Gasteiger charge is 2.35. The summed E-state index contributed by atoms with van der Waals surface area (Å²) in [6.07, 6.45) is 0. The van der Waals surface area contributed by atoms with Gasteiger partial charge in [-0.2, -0.15) is 10.4 Å². The minimum atomic E-state index is -0.329. The zero-order valence-electron chi connectivity index (χ0n) is 16.0. The number of fused-ring (bicyclic) bond motifs is 2. The van der Waals surface area contributed by atoms with Gasteiger partial charge in [0, 0.05) is 33.4 Å². The number of H-pyrrole nitrogens is 2. The molecule has 1 aliphatic rings. The van der Waals surface area contributed by atoms with E-state index in [2.05, 4.69) is 26.6 Å². The molecule has 0 radical (unpaired) electrons. The van der Waals surface area contributed by atoms with E-state index in [4.69, 9.17) is 0 Å². The number of allylic oxidation sites excluding steroid dienone is 1. The van der Waals surface area contributed by atoms with Gasteiger partial charge in [0.05, 0.1) is 23.3 Å². The molecule has 29 heavy (non-hydrogen) atoms. The van der Waals surface area contributed by atoms with Crippen LogP contribution in [-0.4, -0.2) is 20.3 Å². The minimum Gasteiger partial charge on any atom is -0.508 e. The van der Waals surface area contributed by atoms with Crippen molar-refractivity contribution >= 4 is 22.4 Å². The first-order chi connectivity index (χ1) is 14.1. The molecule has 0 saturated heterocycles. The molecule has 0 amide bonds. The number of hydrogen-bond acceptors (Lipinski definition) is 4. The Kier molecular flexibility index (Phi) is 3.71. The summed E-state index contributed by atoms with van der Waals surface area (Å²) in [4.78, 5) is 3.41. The number of nitrogens with one attached hydrogen (secondary N) is 3. The predicted molar refractivity (Wildman–Crippen MR) is 112 cm³/mol. The zero-order chi connectivity index (χ0) is 20.1. The Morgan fingerprint density at radius 2 is 1.90 bits per heavy atom. The fraction of sp³-hybridized carbons (Fsp3) is 0.130. The maximum absolute atomic E-state index is 10.2. The molecule has 4 N–H and O–H groups in total. The number of anilines is 1. The van der Waals surface area contributed by atoms with Gasteiger partial charge in [0.15, 0.2) is 5.82 Å². The van der Waals surface area contributed by atoms with Gasteiger partial charge in [-0.1, -0.05) is 30.3 Å². The van der Waals surface area contributed by atoms with Crippen LogP contribution < -0.4 is 5.32 Å². The first kappa shape index (κ1) is 17.1. The van der Waals surface area contributed by atoms with Crippen molar-refractivity contribution in [2.75, 3.05) is 5.32 Å². The lowest BCUT2D eigenvalue weighted by Gasteiger charge is -2.27. The third-order valence-corrected chi connectivity index (χ3v) is 5.55. The van der Waals surface area contributed by atoms with Crippen LogP contribution in [0.15, 0.2) is 54.1 Å². The topological polar surface area (TPSA) is 101 Å². The van der Waals surface area contributed by atoms with Crippen molar-refractivity contribution in [2.45, 2.75) is 19.8 Å². The van der Waals surface area contributed by atoms with Crippen molar-refractivity contribution in [2.24, 2.45) is 0 Å². The first-order valence-electron chi connectivity index (χ1n) is 9.41. The molecule has 5 rings (SSSR count). The van der Waals surface area contributed by atoms with Gasteiger partial charge in [0.25, 0.3) is 0 Å². The van der Waals surface area contributed by atoms with Crippen molar-refractivity contribution in [3.05, 3.63) is 82.2 Å². The Balaban J connectivity index is 1.83. The number of phenolic OH excluding ortho intramolecular Hbond substituents is 1. The molecule has 0 spiro atoms. The summed E-state index contributed by atoms with van der Waals surface area (Å²) in [6, 6.07) is 17.6. The Labute approximate surface area is 167 Å². The molecule has 3 heterocycles. The highest BCUT2D eigenvalue weighted by molar-refractivity contribution is 6.00. The standard InChI is InChI=1S/C23H19N5O/c1-12-19(16-8-3-4-9-18(16)25-12)22-17(11-24)21(14-6-5-7-15(29)10-14)20-13(2)27-28-23(20)26-22/h3-10,21,25,29H,1-2H3,(H2,26,27,28). The van der Waals surface area contributed by atoms with Crippen molar-refractivity contribution in [3.63, 3.8) is 0 Å². The van der Waals surface area contributed by atoms with E-state index in [9.17, 15) is 10.4 Å². The van der Waals surface area contributed by atoms with Crippen LogP contribution in [0.1, 0.15) is 34.0 Å². The van der Waals surface area contributed by atoms with Crippen LogP contribution in [0.3, 0.4) is 0 Å². The fourth-order valence-corrected chi connectivity index (χ4v) is 4.31. The number of nitriles is 1. The van der Waals surface area contributed by atoms with Gasteiger partial charge in [-0.05, 0) is 37.6 Å². The lowest BCUT2D eigenvalue weighted by atomic mass is 9.80. The largest absolute Gasteiger partial charge is 0.508 e. The number of aromatic hydroxyl groups is 1. The number of aryl methyl sites for hydroxylation is 2. The lowest BCUT2D eigenvalue weighted by Crippen LogP contribution is -2.18. The molecule has 0 bridgehead atoms. The van der Waals surface area contributed by atoms with Crippen LogP contribution >= 0.6 is 0 Å². The van der Waals surface area contributed by atoms with Crippen LogP contribution in [0.4, 0.5) is 5.82 Å². The zero-order valence-corrected chi connectivity index (χ0v) is 16.0. The maximum atomic E-state index is 10.2. The molecular weight excluding hydrogens is 362 g/mol. The van der Waals surface area contributed by atoms with E-state index in [0.29, 0.717) is 11.4 Å². The van der Waals surface area contributed by atoms with Crippen molar-refractivity contribution < 1.29 is 5.11 Å². The molecule has 0 aliphatic carbocycles. The average molecular weight is 381 g/mol. The molecule has 0 saturated carbocycles. The van der Waals surface area contributed by atoms with Crippen molar-refractivity contribution in [1.29, 1.82) is 5.26 Å². The molecule has 4 aromatic rings. The maximum Gasteiger partial charge on any atom is 0.156 e. The third-order valence-electron chi connectivity index (χ3n) is 5.55. The fourth-order valence-electron chi connectivity index (χ4n) is 4.31. The molecule has 0 fully saturated rings. The van der Waals surface area contributed by atoms with Gasteiger partial charge in [0.2, 0.25) is 0 Å². The van der Waals surface area contributed by atoms with Gasteiger partial charge in [0.1, 0.15) is 5.75 Å². The van der Waals surface area contributed by atoms with Gasteiger partial charge < -0.3 is 15.4 Å². The van der Waals surface area contributed by atoms with E-state index < -0.39 is 0 Å². The second kappa shape index (κ2) is 6.28. The summed E-state index contributed by atoms with van der Waals surface area (Å²) in [5, 5.41) is 32.2. The van der Waals surface area contributed by atoms with Crippen molar-refractivity contribution in [1.82, 2.24) is 15.2 Å². The first-order valence-corrected chi connectivity index (χ1v) is 9.41. The third kappa shape index (κ3) is 2.52. The summed E-state index contributed by atoms with van der Waals surface area (Å²) >= 11 is 0. The van der Waals surface area contributed by atoms with Crippen LogP contribution in [-0.2, 0) is 0 Å². The predicted octanol–water partition coefficient (Wildman–Crippen LogP) is 4.71. The molecule has 1 atom stereocenters. The second-order valence-corrected chi connectivity index (χ2v) is 7.33. The smallest absolute Gasteiger partial charge is 0.156 e. The summed E-state index contributed by atoms with van der Waals surface area (Å²) < 4.78 is 0. The highest BCUT2D eigenvalue weighted by Crippen LogP contribution is 2.46. The van der Waals surface area contributed by atoms with E-state index in [1.807, 2.05) is 44.2 Å². The number of phenols is 1. The van der Waals surface area contributed by atoms with E-state index >= 15 is 0 Å². The number of rotatable bonds is 2. The summed E-state index contributed by atoms with van der Waals surface area (Å²) in [7, 11) is 0. The number of para-hydroxylation sites is 1. The van der Waals surface area contributed by atoms with E-state index in [1.54, 1.807) is 18.2 Å².